The predicted molar refractivity (Wildman–Crippen MR) is 76.7 cm³/mol. The number of hydrogen-bond acceptors (Lipinski definition) is 5. The van der Waals surface area contributed by atoms with Gasteiger partial charge in [-0.05, 0) is 24.1 Å². The lowest BCUT2D eigenvalue weighted by molar-refractivity contribution is -0.138. The average molecular weight is 338 g/mol. The largest absolute Gasteiger partial charge is 0.496 e. The third-order valence-electron chi connectivity index (χ3n) is 2.95. The van der Waals surface area contributed by atoms with Crippen molar-refractivity contribution in [1.82, 2.24) is 0 Å². The molecule has 0 heterocycles. The van der Waals surface area contributed by atoms with Crippen molar-refractivity contribution in [2.45, 2.75) is 31.7 Å². The number of aliphatic hydroxyl groups excluding tert-OH is 2. The zero-order chi connectivity index (χ0) is 16.9. The van der Waals surface area contributed by atoms with Gasteiger partial charge in [-0.2, -0.15) is 13.2 Å². The van der Waals surface area contributed by atoms with Gasteiger partial charge < -0.3 is 14.9 Å². The van der Waals surface area contributed by atoms with Gasteiger partial charge in [-0.15, -0.1) is 0 Å². The highest BCUT2D eigenvalue weighted by Crippen LogP contribution is 2.38. The summed E-state index contributed by atoms with van der Waals surface area (Å²) in [4.78, 5) is 10.8. The predicted octanol–water partition coefficient (Wildman–Crippen LogP) is 2.78. The lowest BCUT2D eigenvalue weighted by Crippen LogP contribution is -2.20. The molecule has 124 valence electrons. The van der Waals surface area contributed by atoms with Gasteiger partial charge in [0.05, 0.1) is 18.8 Å². The number of benzene rings is 1. The number of carbonyl (C=O) groups is 1. The molecule has 8 heteroatoms. The molecule has 2 unspecified atom stereocenters. The first kappa shape index (κ1) is 18.8. The summed E-state index contributed by atoms with van der Waals surface area (Å²) in [5, 5.41) is 19.6. The van der Waals surface area contributed by atoms with Gasteiger partial charge in [0.2, 0.25) is 0 Å². The summed E-state index contributed by atoms with van der Waals surface area (Å²) in [6.07, 6.45) is -7.28. The molecular formula is C14H17F3O4S. The maximum atomic E-state index is 12.9. The van der Waals surface area contributed by atoms with Gasteiger partial charge in [0, 0.05) is 12.7 Å². The average Bonchev–Trinajstić information content (AvgIpc) is 2.44. The first-order valence-corrected chi connectivity index (χ1v) is 7.40. The number of alkyl halides is 3. The van der Waals surface area contributed by atoms with Gasteiger partial charge >= 0.3 is 6.18 Å². The molecule has 0 aromatic heterocycles. The van der Waals surface area contributed by atoms with Crippen molar-refractivity contribution in [3.05, 3.63) is 29.3 Å². The summed E-state index contributed by atoms with van der Waals surface area (Å²) in [7, 11) is 1.12. The van der Waals surface area contributed by atoms with E-state index in [0.29, 0.717) is 0 Å². The van der Waals surface area contributed by atoms with Crippen LogP contribution >= 0.6 is 11.8 Å². The third-order valence-corrected chi connectivity index (χ3v) is 3.80. The van der Waals surface area contributed by atoms with E-state index in [1.807, 2.05) is 0 Å². The first-order valence-electron chi connectivity index (χ1n) is 6.41. The highest BCUT2D eigenvalue weighted by Gasteiger charge is 2.35. The summed E-state index contributed by atoms with van der Waals surface area (Å²) in [6, 6.07) is 3.11. The number of carbonyl (C=O) groups excluding carboxylic acids is 1. The van der Waals surface area contributed by atoms with Crippen LogP contribution in [-0.2, 0) is 11.0 Å². The van der Waals surface area contributed by atoms with E-state index >= 15 is 0 Å². The van der Waals surface area contributed by atoms with Crippen molar-refractivity contribution >= 4 is 16.9 Å². The summed E-state index contributed by atoms with van der Waals surface area (Å²) in [5.41, 5.74) is -1.08. The zero-order valence-electron chi connectivity index (χ0n) is 12.1. The molecule has 0 fully saturated rings. The summed E-state index contributed by atoms with van der Waals surface area (Å²) in [6.45, 7) is 1.37. The van der Waals surface area contributed by atoms with Crippen LogP contribution in [0.5, 0.6) is 5.75 Å². The molecule has 0 aliphatic carbocycles. The smallest absolute Gasteiger partial charge is 0.419 e. The Hall–Kier alpha value is -1.25. The minimum absolute atomic E-state index is 0.0616. The fourth-order valence-corrected chi connectivity index (χ4v) is 2.48. The van der Waals surface area contributed by atoms with Gasteiger partial charge in [-0.25, -0.2) is 0 Å². The topological polar surface area (TPSA) is 66.8 Å². The van der Waals surface area contributed by atoms with Crippen molar-refractivity contribution < 1.29 is 32.9 Å². The lowest BCUT2D eigenvalue weighted by atomic mass is 10.00. The molecule has 22 heavy (non-hydrogen) atoms. The Bertz CT molecular complexity index is 519. The SMILES string of the molecule is COc1ccc(C(O)C(O)CCSC(C)=O)cc1C(F)(F)F. The van der Waals surface area contributed by atoms with Gasteiger partial charge in [0.15, 0.2) is 5.12 Å². The fraction of sp³-hybridized carbons (Fsp3) is 0.500. The van der Waals surface area contributed by atoms with E-state index in [1.165, 1.54) is 13.0 Å². The number of rotatable bonds is 6. The molecule has 0 radical (unpaired) electrons. The van der Waals surface area contributed by atoms with Gasteiger partial charge in [0.1, 0.15) is 11.9 Å². The van der Waals surface area contributed by atoms with Crippen LogP contribution in [-0.4, -0.2) is 34.3 Å². The van der Waals surface area contributed by atoms with E-state index < -0.39 is 23.9 Å². The number of hydrogen-bond donors (Lipinski definition) is 2. The molecule has 0 saturated carbocycles. The van der Waals surface area contributed by atoms with Crippen LogP contribution in [0, 0.1) is 0 Å². The highest BCUT2D eigenvalue weighted by molar-refractivity contribution is 8.13. The van der Waals surface area contributed by atoms with E-state index in [0.717, 1.165) is 31.0 Å². The van der Waals surface area contributed by atoms with Crippen LogP contribution in [0.2, 0.25) is 0 Å². The van der Waals surface area contributed by atoms with Gasteiger partial charge in [0.25, 0.3) is 0 Å². The normalized spacial score (nSPS) is 14.5. The Balaban J connectivity index is 2.89. The molecule has 1 rings (SSSR count). The lowest BCUT2D eigenvalue weighted by Gasteiger charge is -2.20. The molecule has 4 nitrogen and oxygen atoms in total. The Morgan fingerprint density at radius 3 is 2.50 bits per heavy atom. The van der Waals surface area contributed by atoms with Gasteiger partial charge in [-0.3, -0.25) is 4.79 Å². The second-order valence-electron chi connectivity index (χ2n) is 4.60. The second-order valence-corrected chi connectivity index (χ2v) is 5.87. The van der Waals surface area contributed by atoms with E-state index in [1.54, 1.807) is 0 Å². The molecule has 0 aliphatic heterocycles. The van der Waals surface area contributed by atoms with E-state index in [-0.39, 0.29) is 28.6 Å². The molecule has 0 aliphatic rings. The first-order chi connectivity index (χ1) is 10.2. The standard InChI is InChI=1S/C14H17F3O4S/c1-8(18)22-6-5-11(19)13(20)9-3-4-12(21-2)10(7-9)14(15,16)17/h3-4,7,11,13,19-20H,5-6H2,1-2H3. The van der Waals surface area contributed by atoms with Crippen molar-refractivity contribution in [3.8, 4) is 5.75 Å². The summed E-state index contributed by atoms with van der Waals surface area (Å²) < 4.78 is 43.4. The quantitative estimate of drug-likeness (QED) is 0.835. The minimum Gasteiger partial charge on any atom is -0.496 e. The second kappa shape index (κ2) is 7.85. The molecule has 2 atom stereocenters. The number of ether oxygens (including phenoxy) is 1. The maximum absolute atomic E-state index is 12.9. The Morgan fingerprint density at radius 1 is 1.36 bits per heavy atom. The highest BCUT2D eigenvalue weighted by atomic mass is 32.2. The van der Waals surface area contributed by atoms with E-state index in [4.69, 9.17) is 0 Å². The van der Waals surface area contributed by atoms with E-state index in [9.17, 15) is 28.2 Å². The number of thioether (sulfide) groups is 1. The molecule has 1 aromatic carbocycles. The molecule has 2 N–H and O–H groups in total. The van der Waals surface area contributed by atoms with E-state index in [2.05, 4.69) is 4.74 Å². The number of aliphatic hydroxyl groups is 2. The number of halogens is 3. The zero-order valence-corrected chi connectivity index (χ0v) is 12.9. The number of methoxy groups -OCH3 is 1. The molecule has 1 aromatic rings. The maximum Gasteiger partial charge on any atom is 0.419 e. The summed E-state index contributed by atoms with van der Waals surface area (Å²) >= 11 is 0.976. The summed E-state index contributed by atoms with van der Waals surface area (Å²) in [5.74, 6) is -0.0828. The molecular weight excluding hydrogens is 321 g/mol. The van der Waals surface area contributed by atoms with Crippen LogP contribution in [0.1, 0.15) is 30.6 Å². The van der Waals surface area contributed by atoms with Crippen molar-refractivity contribution in [2.24, 2.45) is 0 Å². The molecule has 0 bridgehead atoms. The van der Waals surface area contributed by atoms with Gasteiger partial charge in [-0.1, -0.05) is 17.8 Å². The Kier molecular flexibility index (Phi) is 6.70. The Morgan fingerprint density at radius 2 is 2.00 bits per heavy atom. The molecule has 0 spiro atoms. The van der Waals surface area contributed by atoms with Crippen LogP contribution in [0.15, 0.2) is 18.2 Å². The third kappa shape index (κ3) is 5.19. The minimum atomic E-state index is -4.63. The van der Waals surface area contributed by atoms with Crippen LogP contribution in [0.4, 0.5) is 13.2 Å². The molecule has 0 amide bonds. The van der Waals surface area contributed by atoms with Crippen LogP contribution in [0.25, 0.3) is 0 Å². The van der Waals surface area contributed by atoms with Crippen LogP contribution < -0.4 is 4.74 Å². The Labute approximate surface area is 130 Å². The fourth-order valence-electron chi connectivity index (χ4n) is 1.83. The molecule has 0 saturated heterocycles. The van der Waals surface area contributed by atoms with Crippen molar-refractivity contribution in [2.75, 3.05) is 12.9 Å². The van der Waals surface area contributed by atoms with Crippen molar-refractivity contribution in [3.63, 3.8) is 0 Å². The van der Waals surface area contributed by atoms with Crippen LogP contribution in [0.3, 0.4) is 0 Å². The van der Waals surface area contributed by atoms with Crippen molar-refractivity contribution in [1.29, 1.82) is 0 Å². The monoisotopic (exact) mass is 338 g/mol.